The zero-order chi connectivity index (χ0) is 15.2. The van der Waals surface area contributed by atoms with Crippen molar-refractivity contribution >= 4 is 23.4 Å². The zero-order valence-electron chi connectivity index (χ0n) is 11.9. The van der Waals surface area contributed by atoms with Gasteiger partial charge in [-0.05, 0) is 48.9 Å². The van der Waals surface area contributed by atoms with Gasteiger partial charge in [0, 0.05) is 4.90 Å². The van der Waals surface area contributed by atoms with E-state index >= 15 is 0 Å². The molecule has 0 aromatic heterocycles. The predicted octanol–water partition coefficient (Wildman–Crippen LogP) is 3.87. The Balaban J connectivity index is 1.95. The Morgan fingerprint density at radius 2 is 1.95 bits per heavy atom. The zero-order valence-corrected chi connectivity index (χ0v) is 12.7. The normalized spacial score (nSPS) is 10.2. The molecule has 0 aliphatic rings. The smallest absolute Gasteiger partial charge is 0.234 e. The van der Waals surface area contributed by atoms with Crippen LogP contribution in [-0.4, -0.2) is 18.8 Å². The number of ether oxygens (including phenoxy) is 1. The van der Waals surface area contributed by atoms with Crippen LogP contribution in [0.4, 0.5) is 10.1 Å². The molecule has 0 saturated heterocycles. The maximum absolute atomic E-state index is 12.8. The van der Waals surface area contributed by atoms with Crippen molar-refractivity contribution in [2.24, 2.45) is 0 Å². The van der Waals surface area contributed by atoms with Gasteiger partial charge in [0.05, 0.1) is 18.6 Å². The van der Waals surface area contributed by atoms with Crippen molar-refractivity contribution in [3.8, 4) is 5.75 Å². The molecule has 2 rings (SSSR count). The number of methoxy groups -OCH3 is 1. The summed E-state index contributed by atoms with van der Waals surface area (Å²) in [6.07, 6.45) is 0. The first-order valence-corrected chi connectivity index (χ1v) is 7.40. The fraction of sp³-hybridized carbons (Fsp3) is 0.188. The van der Waals surface area contributed by atoms with E-state index in [2.05, 4.69) is 5.32 Å². The second kappa shape index (κ2) is 7.13. The van der Waals surface area contributed by atoms with Crippen LogP contribution in [-0.2, 0) is 4.79 Å². The lowest BCUT2D eigenvalue weighted by atomic mass is 10.2. The van der Waals surface area contributed by atoms with Crippen molar-refractivity contribution in [3.05, 3.63) is 53.8 Å². The highest BCUT2D eigenvalue weighted by molar-refractivity contribution is 8.00. The number of nitrogens with one attached hydrogen (secondary N) is 1. The molecule has 1 amide bonds. The van der Waals surface area contributed by atoms with E-state index in [1.165, 1.54) is 23.9 Å². The fourth-order valence-electron chi connectivity index (χ4n) is 1.79. The molecule has 0 heterocycles. The lowest BCUT2D eigenvalue weighted by Gasteiger charge is -2.11. The number of thioether (sulfide) groups is 1. The van der Waals surface area contributed by atoms with Gasteiger partial charge in [0.15, 0.2) is 0 Å². The van der Waals surface area contributed by atoms with Gasteiger partial charge >= 0.3 is 0 Å². The summed E-state index contributed by atoms with van der Waals surface area (Å²) in [6.45, 7) is 1.95. The van der Waals surface area contributed by atoms with Gasteiger partial charge < -0.3 is 10.1 Å². The van der Waals surface area contributed by atoms with E-state index in [9.17, 15) is 9.18 Å². The third-order valence-corrected chi connectivity index (χ3v) is 3.82. The molecule has 0 aliphatic heterocycles. The number of anilines is 1. The number of carbonyl (C=O) groups excluding carboxylic acids is 1. The minimum atomic E-state index is -0.284. The van der Waals surface area contributed by atoms with Crippen LogP contribution in [0.2, 0.25) is 0 Å². The van der Waals surface area contributed by atoms with Crippen LogP contribution in [0.15, 0.2) is 47.4 Å². The molecule has 0 aliphatic carbocycles. The Morgan fingerprint density at radius 3 is 2.62 bits per heavy atom. The second-order valence-corrected chi connectivity index (χ2v) is 5.54. The van der Waals surface area contributed by atoms with Gasteiger partial charge in [-0.2, -0.15) is 0 Å². The number of rotatable bonds is 5. The number of benzene rings is 2. The average Bonchev–Trinajstić information content (AvgIpc) is 2.47. The highest BCUT2D eigenvalue weighted by Gasteiger charge is 2.08. The van der Waals surface area contributed by atoms with E-state index in [1.54, 1.807) is 19.2 Å². The van der Waals surface area contributed by atoms with Gasteiger partial charge in [0.25, 0.3) is 0 Å². The first-order valence-electron chi connectivity index (χ1n) is 6.41. The Kier molecular flexibility index (Phi) is 5.22. The largest absolute Gasteiger partial charge is 0.495 e. The molecule has 110 valence electrons. The maximum atomic E-state index is 12.8. The standard InChI is InChI=1S/C16H16FNO2S/c1-11-3-8-15(20-2)14(9-11)18-16(19)10-21-13-6-4-12(17)5-7-13/h3-9H,10H2,1-2H3,(H,18,19). The molecule has 2 aromatic rings. The van der Waals surface area contributed by atoms with Crippen LogP contribution in [0.3, 0.4) is 0 Å². The van der Waals surface area contributed by atoms with Crippen molar-refractivity contribution in [2.45, 2.75) is 11.8 Å². The van der Waals surface area contributed by atoms with Gasteiger partial charge in [0.1, 0.15) is 11.6 Å². The Bertz CT molecular complexity index is 629. The van der Waals surface area contributed by atoms with Gasteiger partial charge in [-0.3, -0.25) is 4.79 Å². The van der Waals surface area contributed by atoms with E-state index in [0.717, 1.165) is 10.5 Å². The Labute approximate surface area is 127 Å². The SMILES string of the molecule is COc1ccc(C)cc1NC(=O)CSc1ccc(F)cc1. The molecule has 0 atom stereocenters. The summed E-state index contributed by atoms with van der Waals surface area (Å²) in [5.74, 6) is 0.463. The van der Waals surface area contributed by atoms with Gasteiger partial charge in [-0.25, -0.2) is 4.39 Å². The molecule has 0 unspecified atom stereocenters. The third-order valence-electron chi connectivity index (χ3n) is 2.81. The lowest BCUT2D eigenvalue weighted by Crippen LogP contribution is -2.14. The van der Waals surface area contributed by atoms with Crippen LogP contribution in [0.25, 0.3) is 0 Å². The summed E-state index contributed by atoms with van der Waals surface area (Å²) in [4.78, 5) is 12.8. The first kappa shape index (κ1) is 15.4. The summed E-state index contributed by atoms with van der Waals surface area (Å²) in [5, 5.41) is 2.83. The van der Waals surface area contributed by atoms with Crippen molar-refractivity contribution in [1.82, 2.24) is 0 Å². The Hall–Kier alpha value is -2.01. The van der Waals surface area contributed by atoms with Crippen molar-refractivity contribution in [2.75, 3.05) is 18.2 Å². The molecular weight excluding hydrogens is 289 g/mol. The molecule has 21 heavy (non-hydrogen) atoms. The van der Waals surface area contributed by atoms with Crippen LogP contribution in [0, 0.1) is 12.7 Å². The van der Waals surface area contributed by atoms with E-state index in [1.807, 2.05) is 25.1 Å². The van der Waals surface area contributed by atoms with Crippen LogP contribution in [0.1, 0.15) is 5.56 Å². The minimum absolute atomic E-state index is 0.131. The van der Waals surface area contributed by atoms with E-state index in [4.69, 9.17) is 4.74 Å². The number of amides is 1. The number of carbonyl (C=O) groups is 1. The molecule has 0 spiro atoms. The summed E-state index contributed by atoms with van der Waals surface area (Å²) >= 11 is 1.35. The quantitative estimate of drug-likeness (QED) is 0.852. The molecule has 0 saturated carbocycles. The monoisotopic (exact) mass is 305 g/mol. The molecule has 5 heteroatoms. The summed E-state index contributed by atoms with van der Waals surface area (Å²) < 4.78 is 18.0. The molecule has 1 N–H and O–H groups in total. The van der Waals surface area contributed by atoms with E-state index < -0.39 is 0 Å². The average molecular weight is 305 g/mol. The maximum Gasteiger partial charge on any atom is 0.234 e. The molecule has 2 aromatic carbocycles. The van der Waals surface area contributed by atoms with Crippen molar-refractivity contribution in [1.29, 1.82) is 0 Å². The van der Waals surface area contributed by atoms with Gasteiger partial charge in [0.2, 0.25) is 5.91 Å². The highest BCUT2D eigenvalue weighted by atomic mass is 32.2. The molecule has 0 fully saturated rings. The number of hydrogen-bond donors (Lipinski definition) is 1. The topological polar surface area (TPSA) is 38.3 Å². The van der Waals surface area contributed by atoms with Crippen molar-refractivity contribution in [3.63, 3.8) is 0 Å². The summed E-state index contributed by atoms with van der Waals surface area (Å²) in [5.41, 5.74) is 1.69. The predicted molar refractivity (Wildman–Crippen MR) is 83.5 cm³/mol. The van der Waals surface area contributed by atoms with Crippen LogP contribution >= 0.6 is 11.8 Å². The third kappa shape index (κ3) is 4.49. The lowest BCUT2D eigenvalue weighted by molar-refractivity contribution is -0.113. The number of halogens is 1. The fourth-order valence-corrected chi connectivity index (χ4v) is 2.48. The van der Waals surface area contributed by atoms with E-state index in [-0.39, 0.29) is 17.5 Å². The van der Waals surface area contributed by atoms with E-state index in [0.29, 0.717) is 11.4 Å². The molecule has 0 radical (unpaired) electrons. The van der Waals surface area contributed by atoms with Crippen LogP contribution < -0.4 is 10.1 Å². The minimum Gasteiger partial charge on any atom is -0.495 e. The second-order valence-electron chi connectivity index (χ2n) is 4.49. The Morgan fingerprint density at radius 1 is 1.24 bits per heavy atom. The van der Waals surface area contributed by atoms with Crippen LogP contribution in [0.5, 0.6) is 5.75 Å². The van der Waals surface area contributed by atoms with Gasteiger partial charge in [-0.1, -0.05) is 6.07 Å². The number of aryl methyl sites for hydroxylation is 1. The first-order chi connectivity index (χ1) is 10.1. The molecule has 3 nitrogen and oxygen atoms in total. The number of hydrogen-bond acceptors (Lipinski definition) is 3. The summed E-state index contributed by atoms with van der Waals surface area (Å²) in [7, 11) is 1.56. The summed E-state index contributed by atoms with van der Waals surface area (Å²) in [6, 6.07) is 11.7. The van der Waals surface area contributed by atoms with Crippen molar-refractivity contribution < 1.29 is 13.9 Å². The molecule has 0 bridgehead atoms. The molecular formula is C16H16FNO2S. The van der Waals surface area contributed by atoms with Gasteiger partial charge in [-0.15, -0.1) is 11.8 Å². The highest BCUT2D eigenvalue weighted by Crippen LogP contribution is 2.26.